The first-order chi connectivity index (χ1) is 8.46. The van der Waals surface area contributed by atoms with Crippen LogP contribution in [0.15, 0.2) is 28.7 Å². The van der Waals surface area contributed by atoms with Crippen LogP contribution < -0.4 is 5.32 Å². The van der Waals surface area contributed by atoms with Gasteiger partial charge in [0.1, 0.15) is 9.84 Å². The number of hydrogen-bond acceptors (Lipinski definition) is 3. The molecular weight excluding hydrogens is 314 g/mol. The molecule has 0 saturated heterocycles. The second-order valence-corrected chi connectivity index (χ2v) is 8.13. The maximum Gasteiger partial charge on any atom is 0.148 e. The fraction of sp³-hybridized carbons (Fsp3) is 0.538. The molecule has 1 saturated carbocycles. The summed E-state index contributed by atoms with van der Waals surface area (Å²) in [6, 6.07) is 8.55. The molecule has 1 aliphatic carbocycles. The van der Waals surface area contributed by atoms with Crippen molar-refractivity contribution in [1.82, 2.24) is 5.32 Å². The molecular formula is C13H18BrNO2S. The highest BCUT2D eigenvalue weighted by Gasteiger charge is 2.31. The molecule has 2 rings (SSSR count). The Morgan fingerprint density at radius 2 is 1.94 bits per heavy atom. The Morgan fingerprint density at radius 1 is 1.33 bits per heavy atom. The lowest BCUT2D eigenvalue weighted by Crippen LogP contribution is -2.28. The van der Waals surface area contributed by atoms with Crippen molar-refractivity contribution in [2.45, 2.75) is 18.9 Å². The molecule has 0 aromatic heterocycles. The summed E-state index contributed by atoms with van der Waals surface area (Å²) < 4.78 is 23.3. The molecule has 0 aliphatic heterocycles. The maximum absolute atomic E-state index is 11.1. The van der Waals surface area contributed by atoms with Crippen molar-refractivity contribution >= 4 is 25.8 Å². The number of sulfone groups is 1. The van der Waals surface area contributed by atoms with Crippen molar-refractivity contribution in [3.63, 3.8) is 0 Å². The maximum atomic E-state index is 11.1. The summed E-state index contributed by atoms with van der Waals surface area (Å²) in [5.41, 5.74) is 1.24. The Balaban J connectivity index is 1.98. The zero-order chi connectivity index (χ0) is 13.2. The van der Waals surface area contributed by atoms with Gasteiger partial charge >= 0.3 is 0 Å². The van der Waals surface area contributed by atoms with Gasteiger partial charge in [-0.2, -0.15) is 0 Å². The lowest BCUT2D eigenvalue weighted by molar-refractivity contribution is 0.494. The molecule has 5 heteroatoms. The van der Waals surface area contributed by atoms with E-state index in [2.05, 4.69) is 33.4 Å². The quantitative estimate of drug-likeness (QED) is 0.871. The molecule has 1 aromatic carbocycles. The Labute approximate surface area is 117 Å². The van der Waals surface area contributed by atoms with Crippen molar-refractivity contribution in [1.29, 1.82) is 0 Å². The second kappa shape index (κ2) is 5.72. The molecule has 0 unspecified atom stereocenters. The molecule has 18 heavy (non-hydrogen) atoms. The zero-order valence-electron chi connectivity index (χ0n) is 10.4. The van der Waals surface area contributed by atoms with Crippen molar-refractivity contribution in [2.75, 3.05) is 18.6 Å². The monoisotopic (exact) mass is 331 g/mol. The van der Waals surface area contributed by atoms with Crippen LogP contribution in [-0.2, 0) is 9.84 Å². The highest BCUT2D eigenvalue weighted by molar-refractivity contribution is 9.10. The predicted octanol–water partition coefficient (Wildman–Crippen LogP) is 2.53. The van der Waals surface area contributed by atoms with Crippen LogP contribution >= 0.6 is 15.9 Å². The Bertz CT molecular complexity index is 494. The molecule has 0 amide bonds. The SMILES string of the molecule is CS(=O)(=O)CCN[C@H](c1ccc(Br)cc1)C1CC1. The van der Waals surface area contributed by atoms with Crippen molar-refractivity contribution in [2.24, 2.45) is 5.92 Å². The van der Waals surface area contributed by atoms with Gasteiger partial charge in [0.25, 0.3) is 0 Å². The van der Waals surface area contributed by atoms with Crippen LogP contribution in [-0.4, -0.2) is 27.0 Å². The molecule has 1 fully saturated rings. The summed E-state index contributed by atoms with van der Waals surface area (Å²) in [6.45, 7) is 0.524. The van der Waals surface area contributed by atoms with E-state index in [1.807, 2.05) is 12.1 Å². The molecule has 0 heterocycles. The minimum Gasteiger partial charge on any atom is -0.309 e. The Morgan fingerprint density at radius 3 is 2.44 bits per heavy atom. The molecule has 0 spiro atoms. The third kappa shape index (κ3) is 4.37. The van der Waals surface area contributed by atoms with Gasteiger partial charge in [-0.3, -0.25) is 0 Å². The first-order valence-corrected chi connectivity index (χ1v) is 8.97. The lowest BCUT2D eigenvalue weighted by atomic mass is 10.0. The van der Waals surface area contributed by atoms with E-state index in [0.717, 1.165) is 4.47 Å². The summed E-state index contributed by atoms with van der Waals surface area (Å²) in [7, 11) is -2.88. The summed E-state index contributed by atoms with van der Waals surface area (Å²) in [4.78, 5) is 0. The van der Waals surface area contributed by atoms with Crippen LogP contribution in [0.5, 0.6) is 0 Å². The minimum absolute atomic E-state index is 0.201. The fourth-order valence-electron chi connectivity index (χ4n) is 2.06. The molecule has 0 bridgehead atoms. The second-order valence-electron chi connectivity index (χ2n) is 4.95. The predicted molar refractivity (Wildman–Crippen MR) is 77.3 cm³/mol. The van der Waals surface area contributed by atoms with Crippen LogP contribution in [0.2, 0.25) is 0 Å². The van der Waals surface area contributed by atoms with Gasteiger partial charge in [0.05, 0.1) is 5.75 Å². The number of halogens is 1. The number of benzene rings is 1. The van der Waals surface area contributed by atoms with Crippen molar-refractivity contribution < 1.29 is 8.42 Å². The van der Waals surface area contributed by atoms with E-state index in [0.29, 0.717) is 18.5 Å². The Kier molecular flexibility index (Phi) is 4.45. The summed E-state index contributed by atoms with van der Waals surface area (Å²) in [6.07, 6.45) is 3.74. The summed E-state index contributed by atoms with van der Waals surface area (Å²) in [5, 5.41) is 3.38. The highest BCUT2D eigenvalue weighted by Crippen LogP contribution is 2.41. The van der Waals surface area contributed by atoms with Gasteiger partial charge in [-0.05, 0) is 36.5 Å². The van der Waals surface area contributed by atoms with Gasteiger partial charge in [-0.1, -0.05) is 28.1 Å². The molecule has 1 aromatic rings. The smallest absolute Gasteiger partial charge is 0.148 e. The third-order valence-corrected chi connectivity index (χ3v) is 4.63. The highest BCUT2D eigenvalue weighted by atomic mass is 79.9. The van der Waals surface area contributed by atoms with E-state index in [4.69, 9.17) is 0 Å². The van der Waals surface area contributed by atoms with Gasteiger partial charge in [0.2, 0.25) is 0 Å². The molecule has 1 atom stereocenters. The number of rotatable bonds is 6. The van der Waals surface area contributed by atoms with Crippen LogP contribution in [0.1, 0.15) is 24.4 Å². The Hall–Kier alpha value is -0.390. The van der Waals surface area contributed by atoms with Crippen molar-refractivity contribution in [3.05, 3.63) is 34.3 Å². The van der Waals surface area contributed by atoms with E-state index in [1.54, 1.807) is 0 Å². The van der Waals surface area contributed by atoms with E-state index < -0.39 is 9.84 Å². The van der Waals surface area contributed by atoms with Crippen molar-refractivity contribution in [3.8, 4) is 0 Å². The van der Waals surface area contributed by atoms with Crippen LogP contribution in [0.25, 0.3) is 0 Å². The molecule has 100 valence electrons. The first-order valence-electron chi connectivity index (χ1n) is 6.12. The average Bonchev–Trinajstić information content (AvgIpc) is 3.08. The van der Waals surface area contributed by atoms with Gasteiger partial charge in [0, 0.05) is 23.3 Å². The average molecular weight is 332 g/mol. The first kappa shape index (κ1) is 14.0. The van der Waals surface area contributed by atoms with Gasteiger partial charge in [0.15, 0.2) is 0 Å². The number of nitrogens with one attached hydrogen (secondary N) is 1. The normalized spacial score (nSPS) is 17.7. The largest absolute Gasteiger partial charge is 0.309 e. The van der Waals surface area contributed by atoms with Crippen LogP contribution in [0.4, 0.5) is 0 Å². The minimum atomic E-state index is -2.88. The number of hydrogen-bond donors (Lipinski definition) is 1. The fourth-order valence-corrected chi connectivity index (χ4v) is 2.81. The van der Waals surface area contributed by atoms with Gasteiger partial charge < -0.3 is 5.32 Å². The third-order valence-electron chi connectivity index (χ3n) is 3.16. The van der Waals surface area contributed by atoms with E-state index >= 15 is 0 Å². The standard InChI is InChI=1S/C13H18BrNO2S/c1-18(16,17)9-8-15-13(10-2-3-10)11-4-6-12(14)7-5-11/h4-7,10,13,15H,2-3,8-9H2,1H3/t13-/m0/s1. The van der Waals surface area contributed by atoms with E-state index in [9.17, 15) is 8.42 Å². The molecule has 1 N–H and O–H groups in total. The van der Waals surface area contributed by atoms with Crippen LogP contribution in [0, 0.1) is 5.92 Å². The van der Waals surface area contributed by atoms with Gasteiger partial charge in [-0.15, -0.1) is 0 Å². The summed E-state index contributed by atoms with van der Waals surface area (Å²) in [5.74, 6) is 0.859. The molecule has 3 nitrogen and oxygen atoms in total. The van der Waals surface area contributed by atoms with Gasteiger partial charge in [-0.25, -0.2) is 8.42 Å². The zero-order valence-corrected chi connectivity index (χ0v) is 12.8. The summed E-state index contributed by atoms with van der Waals surface area (Å²) >= 11 is 3.43. The van der Waals surface area contributed by atoms with E-state index in [-0.39, 0.29) is 5.75 Å². The molecule has 0 radical (unpaired) electrons. The van der Waals surface area contributed by atoms with E-state index in [1.165, 1.54) is 24.7 Å². The topological polar surface area (TPSA) is 46.2 Å². The lowest BCUT2D eigenvalue weighted by Gasteiger charge is -2.18. The molecule has 1 aliphatic rings. The van der Waals surface area contributed by atoms with Crippen LogP contribution in [0.3, 0.4) is 0 Å².